The van der Waals surface area contributed by atoms with Crippen LogP contribution in [0.25, 0.3) is 0 Å². The Labute approximate surface area is 107 Å². The van der Waals surface area contributed by atoms with Crippen LogP contribution in [0.2, 0.25) is 0 Å². The Morgan fingerprint density at radius 1 is 1.00 bits per heavy atom. The molecule has 2 rings (SSSR count). The molecular weight excluding hydrogens is 246 g/mol. The van der Waals surface area contributed by atoms with Gasteiger partial charge in [-0.15, -0.1) is 0 Å². The lowest BCUT2D eigenvalue weighted by molar-refractivity contribution is 0.594. The SMILES string of the molecule is Cc1c(N)cccc1S(=O)(=O)Cc1ccccc1. The van der Waals surface area contributed by atoms with Gasteiger partial charge >= 0.3 is 0 Å². The molecule has 0 radical (unpaired) electrons. The molecule has 18 heavy (non-hydrogen) atoms. The summed E-state index contributed by atoms with van der Waals surface area (Å²) in [5.41, 5.74) is 7.65. The fraction of sp³-hybridized carbons (Fsp3) is 0.143. The lowest BCUT2D eigenvalue weighted by atomic mass is 10.2. The van der Waals surface area contributed by atoms with Crippen molar-refractivity contribution in [2.24, 2.45) is 0 Å². The van der Waals surface area contributed by atoms with Crippen molar-refractivity contribution in [3.8, 4) is 0 Å². The first-order valence-corrected chi connectivity index (χ1v) is 7.28. The predicted octanol–water partition coefficient (Wildman–Crippen LogP) is 2.55. The number of nitrogen functional groups attached to an aromatic ring is 1. The highest BCUT2D eigenvalue weighted by Crippen LogP contribution is 2.23. The van der Waals surface area contributed by atoms with Crippen LogP contribution in [-0.4, -0.2) is 8.42 Å². The number of nitrogens with two attached hydrogens (primary N) is 1. The van der Waals surface area contributed by atoms with Crippen LogP contribution in [0.5, 0.6) is 0 Å². The number of benzene rings is 2. The zero-order valence-electron chi connectivity index (χ0n) is 10.1. The smallest absolute Gasteiger partial charge is 0.182 e. The van der Waals surface area contributed by atoms with E-state index in [2.05, 4.69) is 0 Å². The Bertz CT molecular complexity index is 649. The third-order valence-corrected chi connectivity index (χ3v) is 4.69. The van der Waals surface area contributed by atoms with Gasteiger partial charge in [-0.1, -0.05) is 36.4 Å². The van der Waals surface area contributed by atoms with Crippen LogP contribution in [0.4, 0.5) is 5.69 Å². The highest BCUT2D eigenvalue weighted by molar-refractivity contribution is 7.90. The van der Waals surface area contributed by atoms with Gasteiger partial charge in [-0.2, -0.15) is 0 Å². The van der Waals surface area contributed by atoms with E-state index in [9.17, 15) is 8.42 Å². The summed E-state index contributed by atoms with van der Waals surface area (Å²) in [6.45, 7) is 1.73. The standard InChI is InChI=1S/C14H15NO2S/c1-11-13(15)8-5-9-14(11)18(16,17)10-12-6-3-2-4-7-12/h2-9H,10,15H2,1H3. The molecule has 0 atom stereocenters. The van der Waals surface area contributed by atoms with E-state index in [0.717, 1.165) is 5.56 Å². The number of anilines is 1. The van der Waals surface area contributed by atoms with Crippen LogP contribution in [0.3, 0.4) is 0 Å². The van der Waals surface area contributed by atoms with E-state index in [1.54, 1.807) is 37.3 Å². The van der Waals surface area contributed by atoms with Crippen molar-refractivity contribution in [1.82, 2.24) is 0 Å². The predicted molar refractivity (Wildman–Crippen MR) is 72.9 cm³/mol. The fourth-order valence-corrected chi connectivity index (χ4v) is 3.50. The lowest BCUT2D eigenvalue weighted by Gasteiger charge is -2.09. The third-order valence-electron chi connectivity index (χ3n) is 2.86. The number of hydrogen-bond acceptors (Lipinski definition) is 3. The molecule has 94 valence electrons. The Balaban J connectivity index is 2.41. The van der Waals surface area contributed by atoms with Crippen molar-refractivity contribution in [1.29, 1.82) is 0 Å². The molecule has 0 saturated carbocycles. The average Bonchev–Trinajstić information content (AvgIpc) is 2.33. The molecule has 0 spiro atoms. The molecule has 0 fully saturated rings. The second-order valence-electron chi connectivity index (χ2n) is 4.22. The van der Waals surface area contributed by atoms with E-state index >= 15 is 0 Å². The molecule has 0 aliphatic heterocycles. The van der Waals surface area contributed by atoms with E-state index in [4.69, 9.17) is 5.73 Å². The van der Waals surface area contributed by atoms with Gasteiger partial charge in [0.15, 0.2) is 9.84 Å². The molecule has 0 aliphatic carbocycles. The van der Waals surface area contributed by atoms with E-state index in [-0.39, 0.29) is 5.75 Å². The Morgan fingerprint density at radius 2 is 1.67 bits per heavy atom. The maximum atomic E-state index is 12.3. The molecule has 0 amide bonds. The molecule has 2 aromatic carbocycles. The minimum atomic E-state index is -3.35. The molecule has 2 N–H and O–H groups in total. The van der Waals surface area contributed by atoms with Crippen molar-refractivity contribution in [2.45, 2.75) is 17.6 Å². The molecule has 0 bridgehead atoms. The second kappa shape index (κ2) is 4.82. The van der Waals surface area contributed by atoms with Crippen molar-refractivity contribution in [2.75, 3.05) is 5.73 Å². The molecule has 0 aliphatic rings. The second-order valence-corrected chi connectivity index (χ2v) is 6.17. The van der Waals surface area contributed by atoms with E-state index < -0.39 is 9.84 Å². The van der Waals surface area contributed by atoms with Crippen molar-refractivity contribution < 1.29 is 8.42 Å². The lowest BCUT2D eigenvalue weighted by Crippen LogP contribution is -2.08. The third kappa shape index (κ3) is 2.54. The van der Waals surface area contributed by atoms with Gasteiger partial charge < -0.3 is 5.73 Å². The summed E-state index contributed by atoms with van der Waals surface area (Å²) in [6, 6.07) is 14.1. The Morgan fingerprint density at radius 3 is 2.33 bits per heavy atom. The van der Waals surface area contributed by atoms with Crippen molar-refractivity contribution in [3.05, 3.63) is 59.7 Å². The summed E-state index contributed by atoms with van der Waals surface area (Å²) in [7, 11) is -3.35. The molecular formula is C14H15NO2S. The van der Waals surface area contributed by atoms with Crippen LogP contribution in [0, 0.1) is 6.92 Å². The van der Waals surface area contributed by atoms with Crippen molar-refractivity contribution in [3.63, 3.8) is 0 Å². The largest absolute Gasteiger partial charge is 0.398 e. The summed E-state index contributed by atoms with van der Waals surface area (Å²) in [6.07, 6.45) is 0. The molecule has 2 aromatic rings. The van der Waals surface area contributed by atoms with Gasteiger partial charge in [0.1, 0.15) is 0 Å². The van der Waals surface area contributed by atoms with E-state index in [1.807, 2.05) is 18.2 Å². The van der Waals surface area contributed by atoms with Crippen LogP contribution in [0.15, 0.2) is 53.4 Å². The van der Waals surface area contributed by atoms with Crippen LogP contribution < -0.4 is 5.73 Å². The first-order valence-electron chi connectivity index (χ1n) is 5.62. The summed E-state index contributed by atoms with van der Waals surface area (Å²) in [5, 5.41) is 0. The van der Waals surface area contributed by atoms with E-state index in [0.29, 0.717) is 16.1 Å². The van der Waals surface area contributed by atoms with Gasteiger partial charge in [0.2, 0.25) is 0 Å². The Hall–Kier alpha value is -1.81. The molecule has 4 heteroatoms. The van der Waals surface area contributed by atoms with Crippen LogP contribution in [-0.2, 0) is 15.6 Å². The zero-order valence-corrected chi connectivity index (χ0v) is 10.9. The minimum absolute atomic E-state index is 0.00185. The van der Waals surface area contributed by atoms with Gasteiger partial charge in [0.25, 0.3) is 0 Å². The Kier molecular flexibility index (Phi) is 3.39. The fourth-order valence-electron chi connectivity index (χ4n) is 1.84. The average molecular weight is 261 g/mol. The normalized spacial score (nSPS) is 11.4. The summed E-state index contributed by atoms with van der Waals surface area (Å²) in [4.78, 5) is 0.311. The first kappa shape index (κ1) is 12.6. The highest BCUT2D eigenvalue weighted by Gasteiger charge is 2.18. The summed E-state index contributed by atoms with van der Waals surface area (Å²) < 4.78 is 24.6. The monoisotopic (exact) mass is 261 g/mol. The molecule has 0 saturated heterocycles. The van der Waals surface area contributed by atoms with Crippen molar-refractivity contribution >= 4 is 15.5 Å². The highest BCUT2D eigenvalue weighted by atomic mass is 32.2. The maximum Gasteiger partial charge on any atom is 0.182 e. The number of hydrogen-bond donors (Lipinski definition) is 1. The molecule has 3 nitrogen and oxygen atoms in total. The molecule has 0 heterocycles. The molecule has 0 aromatic heterocycles. The summed E-state index contributed by atoms with van der Waals surface area (Å²) >= 11 is 0. The van der Waals surface area contributed by atoms with Crippen LogP contribution in [0.1, 0.15) is 11.1 Å². The van der Waals surface area contributed by atoms with Gasteiger partial charge in [-0.25, -0.2) is 8.42 Å². The van der Waals surface area contributed by atoms with Gasteiger partial charge in [-0.3, -0.25) is 0 Å². The van der Waals surface area contributed by atoms with Gasteiger partial charge in [0.05, 0.1) is 10.6 Å². The zero-order chi connectivity index (χ0) is 13.2. The summed E-state index contributed by atoms with van der Waals surface area (Å²) in [5.74, 6) is -0.00185. The minimum Gasteiger partial charge on any atom is -0.398 e. The van der Waals surface area contributed by atoms with E-state index in [1.165, 1.54) is 0 Å². The van der Waals surface area contributed by atoms with Crippen LogP contribution >= 0.6 is 0 Å². The van der Waals surface area contributed by atoms with Gasteiger partial charge in [-0.05, 0) is 30.2 Å². The first-order chi connectivity index (χ1) is 8.50. The molecule has 0 unspecified atom stereocenters. The van der Waals surface area contributed by atoms with Gasteiger partial charge in [0, 0.05) is 5.69 Å². The number of sulfone groups is 1. The quantitative estimate of drug-likeness (QED) is 0.864. The number of rotatable bonds is 3. The maximum absolute atomic E-state index is 12.3. The topological polar surface area (TPSA) is 60.2 Å².